The van der Waals surface area contributed by atoms with Crippen LogP contribution in [0.1, 0.15) is 58.3 Å². The molecule has 0 rings (SSSR count). The zero-order valence-electron chi connectivity index (χ0n) is 12.2. The van der Waals surface area contributed by atoms with Crippen LogP contribution >= 0.6 is 6.72 Å². The molecule has 1 atom stereocenters. The van der Waals surface area contributed by atoms with E-state index >= 15 is 0 Å². The van der Waals surface area contributed by atoms with Gasteiger partial charge >= 0.3 is 6.72 Å². The molecular formula is C13H27O5PS. The molecule has 5 nitrogen and oxygen atoms in total. The van der Waals surface area contributed by atoms with Crippen molar-refractivity contribution in [2.45, 2.75) is 64.6 Å². The smallest absolute Gasteiger partial charge is 0.324 e. The van der Waals surface area contributed by atoms with Crippen LogP contribution in [0.4, 0.5) is 0 Å². The lowest BCUT2D eigenvalue weighted by molar-refractivity contribution is -0.145. The standard InChI is InChI=1S/C13H27O5PS/c1-3-5-6-7-8-9-10-11-13(17-12-16-4-2)18-19(14,15)20/h4,13H,2-3,5-12H2,1H3,(H2,14,15,20). The first kappa shape index (κ1) is 20.0. The maximum Gasteiger partial charge on any atom is 0.324 e. The molecule has 1 unspecified atom stereocenters. The molecule has 0 aliphatic rings. The van der Waals surface area contributed by atoms with E-state index in [2.05, 4.69) is 25.3 Å². The van der Waals surface area contributed by atoms with Crippen molar-refractivity contribution in [1.29, 1.82) is 0 Å². The molecule has 0 aromatic heterocycles. The predicted octanol–water partition coefficient (Wildman–Crippen LogP) is 3.81. The zero-order chi connectivity index (χ0) is 15.3. The Balaban J connectivity index is 3.79. The second-order valence-electron chi connectivity index (χ2n) is 4.55. The van der Waals surface area contributed by atoms with Crippen LogP contribution in [-0.4, -0.2) is 22.9 Å². The number of hydrogen-bond acceptors (Lipinski definition) is 4. The summed E-state index contributed by atoms with van der Waals surface area (Å²) in [4.78, 5) is 18.3. The van der Waals surface area contributed by atoms with E-state index in [1.807, 2.05) is 0 Å². The Morgan fingerprint density at radius 2 is 1.75 bits per heavy atom. The van der Waals surface area contributed by atoms with Gasteiger partial charge in [0, 0.05) is 0 Å². The summed E-state index contributed by atoms with van der Waals surface area (Å²) >= 11 is 4.45. The lowest BCUT2D eigenvalue weighted by atomic mass is 10.1. The average molecular weight is 326 g/mol. The number of ether oxygens (including phenoxy) is 2. The summed E-state index contributed by atoms with van der Waals surface area (Å²) in [5, 5.41) is 0. The highest BCUT2D eigenvalue weighted by Gasteiger charge is 2.18. The molecule has 0 aliphatic heterocycles. The van der Waals surface area contributed by atoms with Gasteiger partial charge < -0.3 is 19.3 Å². The van der Waals surface area contributed by atoms with Gasteiger partial charge in [-0.1, -0.05) is 52.0 Å². The van der Waals surface area contributed by atoms with Crippen molar-refractivity contribution < 1.29 is 23.8 Å². The van der Waals surface area contributed by atoms with Gasteiger partial charge in [0.05, 0.1) is 6.26 Å². The van der Waals surface area contributed by atoms with E-state index in [0.29, 0.717) is 6.42 Å². The van der Waals surface area contributed by atoms with Crippen LogP contribution in [0.5, 0.6) is 0 Å². The number of rotatable bonds is 14. The van der Waals surface area contributed by atoms with E-state index in [0.717, 1.165) is 12.8 Å². The van der Waals surface area contributed by atoms with E-state index in [4.69, 9.17) is 23.8 Å². The third-order valence-corrected chi connectivity index (χ3v) is 3.51. The summed E-state index contributed by atoms with van der Waals surface area (Å²) in [5.74, 6) is 0. The summed E-state index contributed by atoms with van der Waals surface area (Å²) in [7, 11) is 0. The van der Waals surface area contributed by atoms with Crippen LogP contribution in [-0.2, 0) is 25.8 Å². The van der Waals surface area contributed by atoms with Crippen LogP contribution in [0, 0.1) is 0 Å². The van der Waals surface area contributed by atoms with E-state index in [-0.39, 0.29) is 6.79 Å². The normalized spacial score (nSPS) is 13.2. The second kappa shape index (κ2) is 12.7. The summed E-state index contributed by atoms with van der Waals surface area (Å²) in [6.45, 7) is 1.83. The van der Waals surface area contributed by atoms with Gasteiger partial charge in [-0.25, -0.2) is 0 Å². The molecule has 0 fully saturated rings. The molecule has 0 radical (unpaired) electrons. The van der Waals surface area contributed by atoms with Crippen molar-refractivity contribution in [3.8, 4) is 0 Å². The van der Waals surface area contributed by atoms with E-state index < -0.39 is 13.0 Å². The van der Waals surface area contributed by atoms with Crippen LogP contribution in [0.15, 0.2) is 12.8 Å². The summed E-state index contributed by atoms with van der Waals surface area (Å²) in [6.07, 6.45) is 9.22. The van der Waals surface area contributed by atoms with Gasteiger partial charge in [-0.3, -0.25) is 4.52 Å². The van der Waals surface area contributed by atoms with Crippen molar-refractivity contribution in [2.24, 2.45) is 0 Å². The molecule has 0 aromatic rings. The second-order valence-corrected chi connectivity index (χ2v) is 7.17. The molecule has 2 N–H and O–H groups in total. The van der Waals surface area contributed by atoms with Crippen LogP contribution in [0.2, 0.25) is 0 Å². The highest BCUT2D eigenvalue weighted by molar-refractivity contribution is 8.06. The third kappa shape index (κ3) is 14.4. The SMILES string of the molecule is C=COCOC(CCCCCCCCC)OP(O)(O)=S. The molecule has 20 heavy (non-hydrogen) atoms. The fraction of sp³-hybridized carbons (Fsp3) is 0.846. The monoisotopic (exact) mass is 326 g/mol. The molecule has 0 aliphatic carbocycles. The predicted molar refractivity (Wildman–Crippen MR) is 83.4 cm³/mol. The minimum absolute atomic E-state index is 0.0417. The van der Waals surface area contributed by atoms with Gasteiger partial charge in [0.15, 0.2) is 13.1 Å². The molecule has 0 saturated heterocycles. The Hall–Kier alpha value is 0.0300. The van der Waals surface area contributed by atoms with Crippen LogP contribution in [0.3, 0.4) is 0 Å². The fourth-order valence-corrected chi connectivity index (χ4v) is 2.51. The van der Waals surface area contributed by atoms with Crippen molar-refractivity contribution in [3.05, 3.63) is 12.8 Å². The Labute approximate surface area is 127 Å². The third-order valence-electron chi connectivity index (χ3n) is 2.74. The maximum atomic E-state index is 9.16. The molecule has 0 spiro atoms. The van der Waals surface area contributed by atoms with Crippen molar-refractivity contribution >= 4 is 18.5 Å². The van der Waals surface area contributed by atoms with E-state index in [1.54, 1.807) is 0 Å². The fourth-order valence-electron chi connectivity index (χ4n) is 1.75. The largest absolute Gasteiger partial charge is 0.476 e. The number of unbranched alkanes of at least 4 members (excludes halogenated alkanes) is 6. The van der Waals surface area contributed by atoms with Crippen LogP contribution in [0.25, 0.3) is 0 Å². The Kier molecular flexibility index (Phi) is 12.8. The minimum Gasteiger partial charge on any atom is -0.476 e. The molecule has 0 aromatic carbocycles. The molecule has 0 amide bonds. The Morgan fingerprint density at radius 3 is 2.30 bits per heavy atom. The molecule has 120 valence electrons. The lowest BCUT2D eigenvalue weighted by Crippen LogP contribution is -2.17. The molecule has 7 heteroatoms. The minimum atomic E-state index is -3.71. The first-order valence-corrected chi connectivity index (χ1v) is 9.70. The Morgan fingerprint density at radius 1 is 1.15 bits per heavy atom. The van der Waals surface area contributed by atoms with E-state index in [9.17, 15) is 0 Å². The average Bonchev–Trinajstić information content (AvgIpc) is 2.36. The molecule has 0 bridgehead atoms. The first-order chi connectivity index (χ1) is 9.49. The van der Waals surface area contributed by atoms with E-state index in [1.165, 1.54) is 38.4 Å². The Bertz CT molecular complexity index is 282. The van der Waals surface area contributed by atoms with Gasteiger partial charge in [-0.15, -0.1) is 0 Å². The van der Waals surface area contributed by atoms with Crippen molar-refractivity contribution in [2.75, 3.05) is 6.79 Å². The molecular weight excluding hydrogens is 299 g/mol. The summed E-state index contributed by atoms with van der Waals surface area (Å²) < 4.78 is 15.0. The van der Waals surface area contributed by atoms with Crippen molar-refractivity contribution in [1.82, 2.24) is 0 Å². The van der Waals surface area contributed by atoms with Gasteiger partial charge in [-0.05, 0) is 24.6 Å². The highest BCUT2D eigenvalue weighted by atomic mass is 32.5. The van der Waals surface area contributed by atoms with Crippen LogP contribution < -0.4 is 0 Å². The maximum absolute atomic E-state index is 9.16. The lowest BCUT2D eigenvalue weighted by Gasteiger charge is -2.20. The van der Waals surface area contributed by atoms with Crippen molar-refractivity contribution in [3.63, 3.8) is 0 Å². The molecule has 0 heterocycles. The summed E-state index contributed by atoms with van der Waals surface area (Å²) in [6, 6.07) is 0. The van der Waals surface area contributed by atoms with Gasteiger partial charge in [0.2, 0.25) is 0 Å². The van der Waals surface area contributed by atoms with Gasteiger partial charge in [-0.2, -0.15) is 0 Å². The number of hydrogen-bond donors (Lipinski definition) is 2. The zero-order valence-corrected chi connectivity index (χ0v) is 13.9. The van der Waals surface area contributed by atoms with Gasteiger partial charge in [0.1, 0.15) is 0 Å². The molecule has 0 saturated carbocycles. The summed E-state index contributed by atoms with van der Waals surface area (Å²) in [5.41, 5.74) is 0. The topological polar surface area (TPSA) is 68.2 Å². The highest BCUT2D eigenvalue weighted by Crippen LogP contribution is 2.39. The first-order valence-electron chi connectivity index (χ1n) is 7.07. The van der Waals surface area contributed by atoms with Gasteiger partial charge in [0.25, 0.3) is 0 Å². The quantitative estimate of drug-likeness (QED) is 0.219.